The van der Waals surface area contributed by atoms with Crippen LogP contribution < -0.4 is 0 Å². The van der Waals surface area contributed by atoms with Crippen molar-refractivity contribution in [2.45, 2.75) is 49.7 Å². The Labute approximate surface area is 163 Å². The Morgan fingerprint density at radius 3 is 2.38 bits per heavy atom. The molecule has 0 fully saturated rings. The Hall–Kier alpha value is -1.86. The minimum absolute atomic E-state index is 0.680. The first kappa shape index (κ1) is 18.9. The van der Waals surface area contributed by atoms with Crippen LogP contribution in [0.4, 0.5) is 0 Å². The molecule has 5 nitrogen and oxygen atoms in total. The van der Waals surface area contributed by atoms with E-state index in [1.54, 1.807) is 23.5 Å². The topological polar surface area (TPSA) is 56.5 Å². The molecule has 0 bridgehead atoms. The lowest BCUT2D eigenvalue weighted by Gasteiger charge is -2.10. The molecule has 0 unspecified atom stereocenters. The van der Waals surface area contributed by atoms with E-state index < -0.39 is 0 Å². The summed E-state index contributed by atoms with van der Waals surface area (Å²) < 4.78 is 2.15. The predicted molar refractivity (Wildman–Crippen MR) is 108 cm³/mol. The van der Waals surface area contributed by atoms with Gasteiger partial charge >= 0.3 is 0 Å². The average Bonchev–Trinajstić information content (AvgIpc) is 3.03. The van der Waals surface area contributed by atoms with E-state index in [-0.39, 0.29) is 0 Å². The summed E-state index contributed by atoms with van der Waals surface area (Å²) in [6.45, 7) is 6.19. The Morgan fingerprint density at radius 2 is 1.69 bits per heavy atom. The highest BCUT2D eigenvalue weighted by molar-refractivity contribution is 7.99. The molecule has 0 saturated carbocycles. The third-order valence-corrected chi connectivity index (χ3v) is 5.59. The molecule has 0 aliphatic carbocycles. The minimum atomic E-state index is 0.680. The largest absolute Gasteiger partial charge is 0.273 e. The monoisotopic (exact) mass is 385 g/mol. The van der Waals surface area contributed by atoms with E-state index in [0.717, 1.165) is 39.0 Å². The van der Waals surface area contributed by atoms with E-state index in [2.05, 4.69) is 43.8 Å². The minimum Gasteiger partial charge on any atom is -0.273 e. The summed E-state index contributed by atoms with van der Waals surface area (Å²) in [4.78, 5) is 9.02. The van der Waals surface area contributed by atoms with Gasteiger partial charge in [0.25, 0.3) is 0 Å². The van der Waals surface area contributed by atoms with Crippen LogP contribution in [0.2, 0.25) is 0 Å². The van der Waals surface area contributed by atoms with E-state index in [9.17, 15) is 0 Å². The highest BCUT2D eigenvalue weighted by atomic mass is 32.2. The second-order valence-electron chi connectivity index (χ2n) is 5.99. The van der Waals surface area contributed by atoms with Gasteiger partial charge in [-0.3, -0.25) is 4.57 Å². The first-order valence-electron chi connectivity index (χ1n) is 8.75. The molecule has 2 heterocycles. The van der Waals surface area contributed by atoms with Gasteiger partial charge in [0.05, 0.1) is 5.75 Å². The maximum atomic E-state index is 4.51. The van der Waals surface area contributed by atoms with Crippen LogP contribution in [0, 0.1) is 13.8 Å². The SMILES string of the molecule is CCCCSc1nnc(CSc2nc(C)cc(C)n2)n1-c1ccccc1. The Kier molecular flexibility index (Phi) is 6.68. The van der Waals surface area contributed by atoms with Crippen molar-refractivity contribution >= 4 is 23.5 Å². The molecular weight excluding hydrogens is 362 g/mol. The fourth-order valence-corrected chi connectivity index (χ4v) is 4.43. The predicted octanol–water partition coefficient (Wildman–Crippen LogP) is 4.86. The summed E-state index contributed by atoms with van der Waals surface area (Å²) in [6, 6.07) is 12.3. The van der Waals surface area contributed by atoms with Crippen molar-refractivity contribution in [1.29, 1.82) is 0 Å². The molecular formula is C19H23N5S2. The van der Waals surface area contributed by atoms with Crippen LogP contribution in [-0.2, 0) is 5.75 Å². The fourth-order valence-electron chi connectivity index (χ4n) is 2.52. The number of aromatic nitrogens is 5. The third kappa shape index (κ3) is 4.86. The zero-order valence-corrected chi connectivity index (χ0v) is 17.0. The smallest absolute Gasteiger partial charge is 0.195 e. The highest BCUT2D eigenvalue weighted by Gasteiger charge is 2.15. The molecule has 26 heavy (non-hydrogen) atoms. The van der Waals surface area contributed by atoms with Gasteiger partial charge in [-0.2, -0.15) is 0 Å². The number of aryl methyl sites for hydroxylation is 2. The standard InChI is InChI=1S/C19H23N5S2/c1-4-5-11-25-19-23-22-17(24(19)16-9-7-6-8-10-16)13-26-18-20-14(2)12-15(3)21-18/h6-10,12H,4-5,11,13H2,1-3H3. The van der Waals surface area contributed by atoms with Crippen molar-refractivity contribution in [3.63, 3.8) is 0 Å². The molecule has 7 heteroatoms. The molecule has 3 rings (SSSR count). The quantitative estimate of drug-likeness (QED) is 0.314. The van der Waals surface area contributed by atoms with Gasteiger partial charge in [0.15, 0.2) is 10.3 Å². The van der Waals surface area contributed by atoms with Gasteiger partial charge in [-0.05, 0) is 38.5 Å². The molecule has 0 amide bonds. The van der Waals surface area contributed by atoms with Crippen LogP contribution in [0.25, 0.3) is 5.69 Å². The molecule has 0 aliphatic heterocycles. The average molecular weight is 386 g/mol. The van der Waals surface area contributed by atoms with Gasteiger partial charge in [-0.15, -0.1) is 10.2 Å². The van der Waals surface area contributed by atoms with E-state index in [1.165, 1.54) is 12.8 Å². The van der Waals surface area contributed by atoms with Crippen LogP contribution >= 0.6 is 23.5 Å². The van der Waals surface area contributed by atoms with E-state index in [0.29, 0.717) is 5.75 Å². The lowest BCUT2D eigenvalue weighted by molar-refractivity contribution is 0.850. The van der Waals surface area contributed by atoms with Crippen molar-refractivity contribution < 1.29 is 0 Å². The Morgan fingerprint density at radius 1 is 0.962 bits per heavy atom. The lowest BCUT2D eigenvalue weighted by Crippen LogP contribution is -2.02. The number of unbranched alkanes of at least 4 members (excludes halogenated alkanes) is 1. The number of hydrogen-bond acceptors (Lipinski definition) is 6. The zero-order valence-electron chi connectivity index (χ0n) is 15.3. The molecule has 0 saturated heterocycles. The normalized spacial score (nSPS) is 11.0. The number of benzene rings is 1. The van der Waals surface area contributed by atoms with E-state index in [1.807, 2.05) is 38.1 Å². The molecule has 0 N–H and O–H groups in total. The van der Waals surface area contributed by atoms with Crippen LogP contribution in [0.3, 0.4) is 0 Å². The lowest BCUT2D eigenvalue weighted by atomic mass is 10.3. The summed E-state index contributed by atoms with van der Waals surface area (Å²) >= 11 is 3.36. The molecule has 0 spiro atoms. The van der Waals surface area contributed by atoms with Gasteiger partial charge in [0.2, 0.25) is 0 Å². The van der Waals surface area contributed by atoms with Gasteiger partial charge in [-0.25, -0.2) is 9.97 Å². The zero-order chi connectivity index (χ0) is 18.4. The highest BCUT2D eigenvalue weighted by Crippen LogP contribution is 2.26. The number of para-hydroxylation sites is 1. The third-order valence-electron chi connectivity index (χ3n) is 3.74. The number of hydrogen-bond donors (Lipinski definition) is 0. The summed E-state index contributed by atoms with van der Waals surface area (Å²) in [6.07, 6.45) is 2.35. The molecule has 3 aromatic rings. The van der Waals surface area contributed by atoms with Crippen molar-refractivity contribution in [2.75, 3.05) is 5.75 Å². The first-order valence-corrected chi connectivity index (χ1v) is 10.7. The van der Waals surface area contributed by atoms with Gasteiger partial charge < -0.3 is 0 Å². The molecule has 0 radical (unpaired) electrons. The van der Waals surface area contributed by atoms with E-state index in [4.69, 9.17) is 0 Å². The van der Waals surface area contributed by atoms with Gasteiger partial charge in [0, 0.05) is 22.8 Å². The van der Waals surface area contributed by atoms with Crippen LogP contribution in [0.5, 0.6) is 0 Å². The molecule has 1 aromatic carbocycles. The maximum absolute atomic E-state index is 4.51. The Balaban J connectivity index is 1.84. The summed E-state index contributed by atoms with van der Waals surface area (Å²) in [5.41, 5.74) is 3.06. The maximum Gasteiger partial charge on any atom is 0.195 e. The van der Waals surface area contributed by atoms with Crippen molar-refractivity contribution in [3.05, 3.63) is 53.6 Å². The van der Waals surface area contributed by atoms with Crippen LogP contribution in [0.1, 0.15) is 37.0 Å². The number of rotatable bonds is 8. The van der Waals surface area contributed by atoms with Crippen LogP contribution in [0.15, 0.2) is 46.7 Å². The number of thioether (sulfide) groups is 2. The Bertz CT molecular complexity index is 828. The first-order chi connectivity index (χ1) is 12.7. The second-order valence-corrected chi connectivity index (χ2v) is 8.00. The number of nitrogens with zero attached hydrogens (tertiary/aromatic N) is 5. The van der Waals surface area contributed by atoms with Crippen LogP contribution in [-0.4, -0.2) is 30.5 Å². The van der Waals surface area contributed by atoms with Gasteiger partial charge in [-0.1, -0.05) is 55.1 Å². The second kappa shape index (κ2) is 9.19. The van der Waals surface area contributed by atoms with Crippen molar-refractivity contribution in [2.24, 2.45) is 0 Å². The molecule has 0 aliphatic rings. The van der Waals surface area contributed by atoms with E-state index >= 15 is 0 Å². The molecule has 2 aromatic heterocycles. The summed E-state index contributed by atoms with van der Waals surface area (Å²) in [5.74, 6) is 2.65. The van der Waals surface area contributed by atoms with Gasteiger partial charge in [0.1, 0.15) is 5.82 Å². The summed E-state index contributed by atoms with van der Waals surface area (Å²) in [5, 5.41) is 10.6. The molecule has 0 atom stereocenters. The fraction of sp³-hybridized carbons (Fsp3) is 0.368. The van der Waals surface area contributed by atoms with Crippen molar-refractivity contribution in [1.82, 2.24) is 24.7 Å². The summed E-state index contributed by atoms with van der Waals surface area (Å²) in [7, 11) is 0. The molecule has 136 valence electrons. The van der Waals surface area contributed by atoms with Crippen molar-refractivity contribution in [3.8, 4) is 5.69 Å².